The first-order valence-electron chi connectivity index (χ1n) is 12.1. The van der Waals surface area contributed by atoms with Gasteiger partial charge in [0.1, 0.15) is 5.75 Å². The first-order valence-corrected chi connectivity index (χ1v) is 14.7. The van der Waals surface area contributed by atoms with E-state index in [1.807, 2.05) is 30.3 Å². The van der Waals surface area contributed by atoms with Gasteiger partial charge in [0, 0.05) is 12.0 Å². The van der Waals surface area contributed by atoms with Gasteiger partial charge in [-0.1, -0.05) is 35.3 Å². The number of sulfone groups is 1. The molecule has 0 bridgehead atoms. The number of alkyl carbamates (subject to hydrolysis) is 1. The maximum absolute atomic E-state index is 12.3. The van der Waals surface area contributed by atoms with E-state index in [-0.39, 0.29) is 43.1 Å². The van der Waals surface area contributed by atoms with Gasteiger partial charge in [-0.3, -0.25) is 4.39 Å². The number of alkyl halides is 1. The molecule has 0 fully saturated rings. The van der Waals surface area contributed by atoms with E-state index in [1.54, 1.807) is 13.0 Å². The highest BCUT2D eigenvalue weighted by Gasteiger charge is 2.32. The Kier molecular flexibility index (Phi) is 10.7. The topological polar surface area (TPSA) is 81.7 Å². The highest BCUT2D eigenvalue weighted by atomic mass is 35.5. The lowest BCUT2D eigenvalue weighted by Gasteiger charge is -2.34. The van der Waals surface area contributed by atoms with Crippen LogP contribution < -0.4 is 10.1 Å². The number of ether oxygens (including phenoxy) is 2. The highest BCUT2D eigenvalue weighted by Crippen LogP contribution is 2.37. The van der Waals surface area contributed by atoms with Crippen molar-refractivity contribution in [3.8, 4) is 5.75 Å². The smallest absolute Gasteiger partial charge is 0.407 e. The second-order valence-corrected chi connectivity index (χ2v) is 11.9. The van der Waals surface area contributed by atoms with E-state index in [4.69, 9.17) is 32.7 Å². The van der Waals surface area contributed by atoms with Gasteiger partial charge in [0.05, 0.1) is 41.4 Å². The summed E-state index contributed by atoms with van der Waals surface area (Å²) < 4.78 is 47.2. The molecule has 2 aromatic carbocycles. The largest absolute Gasteiger partial charge is 0.494 e. The van der Waals surface area contributed by atoms with Gasteiger partial charge in [0.2, 0.25) is 0 Å². The van der Waals surface area contributed by atoms with Crippen molar-refractivity contribution in [2.75, 3.05) is 31.4 Å². The number of hydrogen-bond acceptors (Lipinski definition) is 5. The molecule has 0 aromatic heterocycles. The average Bonchev–Trinajstić information content (AvgIpc) is 2.84. The maximum Gasteiger partial charge on any atom is 0.407 e. The van der Waals surface area contributed by atoms with Crippen LogP contribution in [0.2, 0.25) is 10.0 Å². The molecule has 198 valence electrons. The number of rotatable bonds is 12. The molecule has 0 radical (unpaired) electrons. The molecule has 0 saturated carbocycles. The van der Waals surface area contributed by atoms with Crippen LogP contribution in [-0.2, 0) is 27.4 Å². The summed E-state index contributed by atoms with van der Waals surface area (Å²) in [7, 11) is -3.28. The fraction of sp³-hybridized carbons (Fsp3) is 0.500. The zero-order valence-electron chi connectivity index (χ0n) is 20.3. The molecule has 0 saturated heterocycles. The van der Waals surface area contributed by atoms with E-state index < -0.39 is 22.6 Å². The number of halogens is 3. The Balaban J connectivity index is 1.76. The third kappa shape index (κ3) is 8.25. The van der Waals surface area contributed by atoms with Gasteiger partial charge >= 0.3 is 6.09 Å². The predicted octanol–water partition coefficient (Wildman–Crippen LogP) is 5.92. The lowest BCUT2D eigenvalue weighted by Crippen LogP contribution is -2.43. The zero-order valence-corrected chi connectivity index (χ0v) is 22.6. The Labute approximate surface area is 222 Å². The molecule has 3 rings (SSSR count). The molecule has 6 nitrogen and oxygen atoms in total. The van der Waals surface area contributed by atoms with Gasteiger partial charge in [0.15, 0.2) is 9.84 Å². The van der Waals surface area contributed by atoms with Gasteiger partial charge in [0.25, 0.3) is 0 Å². The van der Waals surface area contributed by atoms with Crippen molar-refractivity contribution >= 4 is 39.1 Å². The second-order valence-electron chi connectivity index (χ2n) is 8.83. The number of carbonyl (C=O) groups excluding carboxylic acids is 1. The van der Waals surface area contributed by atoms with Gasteiger partial charge in [-0.15, -0.1) is 0 Å². The Morgan fingerprint density at radius 3 is 2.61 bits per heavy atom. The number of fused-ring (bicyclic) bond motifs is 1. The number of benzene rings is 2. The highest BCUT2D eigenvalue weighted by molar-refractivity contribution is 7.91. The van der Waals surface area contributed by atoms with Crippen LogP contribution in [0.5, 0.6) is 5.75 Å². The van der Waals surface area contributed by atoms with Crippen molar-refractivity contribution < 1.29 is 27.1 Å². The molecule has 1 aliphatic rings. The SMILES string of the molecule is CCOC(=O)NC1CCc2ccc(OCCCS(=O)(=O)CCCF)cc2C1Cc1ccc(Cl)c(Cl)c1. The third-order valence-electron chi connectivity index (χ3n) is 6.20. The van der Waals surface area contributed by atoms with Crippen molar-refractivity contribution in [1.29, 1.82) is 0 Å². The molecule has 2 aromatic rings. The van der Waals surface area contributed by atoms with E-state index in [1.165, 1.54) is 5.56 Å². The van der Waals surface area contributed by atoms with Crippen LogP contribution in [0.15, 0.2) is 36.4 Å². The Hall–Kier alpha value is -2.03. The molecule has 2 unspecified atom stereocenters. The Bertz CT molecular complexity index is 1150. The number of hydrogen-bond donors (Lipinski definition) is 1. The van der Waals surface area contributed by atoms with E-state index in [9.17, 15) is 17.6 Å². The average molecular weight is 561 g/mol. The maximum atomic E-state index is 12.3. The minimum Gasteiger partial charge on any atom is -0.494 e. The monoisotopic (exact) mass is 559 g/mol. The summed E-state index contributed by atoms with van der Waals surface area (Å²) in [5.74, 6) is 0.391. The normalized spacial score (nSPS) is 17.3. The summed E-state index contributed by atoms with van der Waals surface area (Å²) in [6.45, 7) is 1.64. The quantitative estimate of drug-likeness (QED) is 0.326. The van der Waals surface area contributed by atoms with Crippen molar-refractivity contribution in [2.24, 2.45) is 0 Å². The summed E-state index contributed by atoms with van der Waals surface area (Å²) in [6, 6.07) is 11.2. The Morgan fingerprint density at radius 1 is 1.11 bits per heavy atom. The third-order valence-corrected chi connectivity index (χ3v) is 8.76. The molecule has 0 aliphatic heterocycles. The van der Waals surface area contributed by atoms with Crippen LogP contribution >= 0.6 is 23.2 Å². The van der Waals surface area contributed by atoms with Crippen molar-refractivity contribution in [3.63, 3.8) is 0 Å². The van der Waals surface area contributed by atoms with Gasteiger partial charge in [-0.25, -0.2) is 13.2 Å². The molecule has 10 heteroatoms. The van der Waals surface area contributed by atoms with Crippen molar-refractivity contribution in [3.05, 3.63) is 63.1 Å². The molecular weight excluding hydrogens is 528 g/mol. The van der Waals surface area contributed by atoms with Crippen LogP contribution in [0.4, 0.5) is 9.18 Å². The Morgan fingerprint density at radius 2 is 1.89 bits per heavy atom. The van der Waals surface area contributed by atoms with Crippen LogP contribution in [0.1, 0.15) is 48.8 Å². The summed E-state index contributed by atoms with van der Waals surface area (Å²) >= 11 is 12.3. The molecule has 1 amide bonds. The molecule has 0 spiro atoms. The summed E-state index contributed by atoms with van der Waals surface area (Å²) in [4.78, 5) is 12.2. The van der Waals surface area contributed by atoms with Crippen LogP contribution in [0, 0.1) is 0 Å². The van der Waals surface area contributed by atoms with E-state index in [0.717, 1.165) is 24.0 Å². The zero-order chi connectivity index (χ0) is 26.1. The van der Waals surface area contributed by atoms with Gasteiger partial charge < -0.3 is 14.8 Å². The standard InChI is InChI=1S/C26H32Cl2FNO5S/c1-2-34-26(31)30-25-10-7-19-6-8-20(35-12-4-14-36(32,33)13-3-11-29)17-21(19)22(25)15-18-5-9-23(27)24(28)16-18/h5-6,8-9,16-17,22,25H,2-4,7,10-15H2,1H3,(H,30,31). The molecule has 1 N–H and O–H groups in total. The minimum absolute atomic E-state index is 0.0230. The lowest BCUT2D eigenvalue weighted by molar-refractivity contribution is 0.144. The fourth-order valence-electron chi connectivity index (χ4n) is 4.48. The fourth-order valence-corrected chi connectivity index (χ4v) is 6.11. The van der Waals surface area contributed by atoms with E-state index in [0.29, 0.717) is 28.6 Å². The summed E-state index contributed by atoms with van der Waals surface area (Å²) in [6.07, 6.45) is 2.07. The number of aryl methyl sites for hydroxylation is 1. The number of amides is 1. The van der Waals surface area contributed by atoms with Crippen LogP contribution in [0.25, 0.3) is 0 Å². The molecular formula is C26H32Cl2FNO5S. The second kappa shape index (κ2) is 13.5. The van der Waals surface area contributed by atoms with E-state index in [2.05, 4.69) is 5.32 Å². The lowest BCUT2D eigenvalue weighted by atomic mass is 9.76. The molecule has 2 atom stereocenters. The number of carbonyl (C=O) groups is 1. The van der Waals surface area contributed by atoms with Crippen molar-refractivity contribution in [1.82, 2.24) is 5.32 Å². The van der Waals surface area contributed by atoms with Gasteiger partial charge in [-0.2, -0.15) is 0 Å². The van der Waals surface area contributed by atoms with E-state index >= 15 is 0 Å². The van der Waals surface area contributed by atoms with Crippen LogP contribution in [-0.4, -0.2) is 51.9 Å². The first kappa shape index (κ1) is 28.5. The van der Waals surface area contributed by atoms with Gasteiger partial charge in [-0.05, 0) is 80.0 Å². The molecule has 36 heavy (non-hydrogen) atoms. The summed E-state index contributed by atoms with van der Waals surface area (Å²) in [5, 5.41) is 3.96. The predicted molar refractivity (Wildman–Crippen MR) is 141 cm³/mol. The minimum atomic E-state index is -3.28. The summed E-state index contributed by atoms with van der Waals surface area (Å²) in [5.41, 5.74) is 3.22. The van der Waals surface area contributed by atoms with Crippen molar-refractivity contribution in [2.45, 2.75) is 51.0 Å². The molecule has 1 aliphatic carbocycles. The number of nitrogens with one attached hydrogen (secondary N) is 1. The first-order chi connectivity index (χ1) is 17.2. The molecule has 0 heterocycles. The van der Waals surface area contributed by atoms with Crippen LogP contribution in [0.3, 0.4) is 0 Å².